The number of rotatable bonds is 5. The van der Waals surface area contributed by atoms with Crippen LogP contribution in [0.5, 0.6) is 0 Å². The minimum Gasteiger partial charge on any atom is -0.378 e. The van der Waals surface area contributed by atoms with Gasteiger partial charge in [-0.05, 0) is 23.8 Å². The zero-order valence-electron chi connectivity index (χ0n) is 14.8. The average molecular weight is 343 g/mol. The Bertz CT molecular complexity index is 692. The fourth-order valence-corrected chi connectivity index (χ4v) is 2.86. The molecule has 3 rings (SSSR count). The predicted octanol–water partition coefficient (Wildman–Crippen LogP) is 1.60. The highest BCUT2D eigenvalue weighted by Gasteiger charge is 2.12. The molecule has 134 valence electrons. The molecular formula is C18H25N5O2. The van der Waals surface area contributed by atoms with Gasteiger partial charge >= 0.3 is 6.03 Å². The van der Waals surface area contributed by atoms with Crippen LogP contribution in [0.1, 0.15) is 11.3 Å². The Balaban J connectivity index is 1.50. The minimum absolute atomic E-state index is 0.0987. The van der Waals surface area contributed by atoms with E-state index in [2.05, 4.69) is 39.6 Å². The highest BCUT2D eigenvalue weighted by molar-refractivity contribution is 5.73. The standard InChI is InChI=1S/C18H25N5O2/c1-21(18(24)19-13-17-7-8-20-22(17)2)14-15-3-5-16(6-4-15)23-9-11-25-12-10-23/h3-8H,9-14H2,1-2H3,(H,19,24). The first-order valence-corrected chi connectivity index (χ1v) is 8.51. The second-order valence-electron chi connectivity index (χ2n) is 6.23. The number of amides is 2. The van der Waals surface area contributed by atoms with Crippen molar-refractivity contribution in [3.05, 3.63) is 47.8 Å². The lowest BCUT2D eigenvalue weighted by atomic mass is 10.2. The first kappa shape index (κ1) is 17.3. The van der Waals surface area contributed by atoms with E-state index >= 15 is 0 Å². The lowest BCUT2D eigenvalue weighted by Crippen LogP contribution is -2.37. The summed E-state index contributed by atoms with van der Waals surface area (Å²) in [5, 5.41) is 7.01. The van der Waals surface area contributed by atoms with Crippen LogP contribution in [0, 0.1) is 0 Å². The average Bonchev–Trinajstić information content (AvgIpc) is 3.06. The van der Waals surface area contributed by atoms with Gasteiger partial charge in [-0.1, -0.05) is 12.1 Å². The Kier molecular flexibility index (Phi) is 5.55. The summed E-state index contributed by atoms with van der Waals surface area (Å²) in [7, 11) is 3.66. The number of anilines is 1. The number of hydrogen-bond acceptors (Lipinski definition) is 4. The van der Waals surface area contributed by atoms with Crippen LogP contribution < -0.4 is 10.2 Å². The number of ether oxygens (including phenoxy) is 1. The second-order valence-corrected chi connectivity index (χ2v) is 6.23. The first-order chi connectivity index (χ1) is 12.1. The molecule has 1 aliphatic heterocycles. The number of hydrogen-bond donors (Lipinski definition) is 1. The molecule has 0 atom stereocenters. The highest BCUT2D eigenvalue weighted by atomic mass is 16.5. The predicted molar refractivity (Wildman–Crippen MR) is 96.4 cm³/mol. The summed E-state index contributed by atoms with van der Waals surface area (Å²) in [4.78, 5) is 16.2. The van der Waals surface area contributed by atoms with Gasteiger partial charge in [-0.15, -0.1) is 0 Å². The summed E-state index contributed by atoms with van der Waals surface area (Å²) in [6, 6.07) is 10.2. The number of aryl methyl sites for hydroxylation is 1. The molecule has 2 amide bonds. The van der Waals surface area contributed by atoms with Gasteiger partial charge < -0.3 is 19.9 Å². The molecule has 0 bridgehead atoms. The fraction of sp³-hybridized carbons (Fsp3) is 0.444. The van der Waals surface area contributed by atoms with E-state index in [1.807, 2.05) is 13.1 Å². The summed E-state index contributed by atoms with van der Waals surface area (Å²) in [5.74, 6) is 0. The summed E-state index contributed by atoms with van der Waals surface area (Å²) >= 11 is 0. The van der Waals surface area contributed by atoms with Crippen molar-refractivity contribution in [2.75, 3.05) is 38.3 Å². The normalized spacial score (nSPS) is 14.4. The van der Waals surface area contributed by atoms with E-state index in [-0.39, 0.29) is 6.03 Å². The van der Waals surface area contributed by atoms with E-state index in [1.165, 1.54) is 5.69 Å². The Labute approximate surface area is 148 Å². The van der Waals surface area contributed by atoms with Crippen LogP contribution in [-0.2, 0) is 24.9 Å². The molecule has 0 radical (unpaired) electrons. The maximum absolute atomic E-state index is 12.2. The van der Waals surface area contributed by atoms with Gasteiger partial charge in [0.1, 0.15) is 0 Å². The van der Waals surface area contributed by atoms with Gasteiger partial charge in [0.2, 0.25) is 0 Å². The Morgan fingerprint density at radius 1 is 1.24 bits per heavy atom. The number of carbonyl (C=O) groups excluding carboxylic acids is 1. The van der Waals surface area contributed by atoms with Gasteiger partial charge in [-0.2, -0.15) is 5.10 Å². The second kappa shape index (κ2) is 8.02. The van der Waals surface area contributed by atoms with E-state index in [0.717, 1.165) is 37.6 Å². The van der Waals surface area contributed by atoms with Gasteiger partial charge in [0, 0.05) is 45.6 Å². The van der Waals surface area contributed by atoms with Crippen LogP contribution in [0.4, 0.5) is 10.5 Å². The van der Waals surface area contributed by atoms with Crippen molar-refractivity contribution >= 4 is 11.7 Å². The Hall–Kier alpha value is -2.54. The van der Waals surface area contributed by atoms with Gasteiger partial charge in [-0.3, -0.25) is 4.68 Å². The molecule has 0 aliphatic carbocycles. The van der Waals surface area contributed by atoms with Crippen molar-refractivity contribution < 1.29 is 9.53 Å². The minimum atomic E-state index is -0.0987. The maximum atomic E-state index is 12.2. The zero-order valence-corrected chi connectivity index (χ0v) is 14.8. The summed E-state index contributed by atoms with van der Waals surface area (Å²) < 4.78 is 7.14. The van der Waals surface area contributed by atoms with Crippen molar-refractivity contribution in [1.82, 2.24) is 20.0 Å². The number of benzene rings is 1. The molecular weight excluding hydrogens is 318 g/mol. The number of aromatic nitrogens is 2. The van der Waals surface area contributed by atoms with Gasteiger partial charge in [0.25, 0.3) is 0 Å². The number of morpholine rings is 1. The van der Waals surface area contributed by atoms with Crippen LogP contribution in [0.25, 0.3) is 0 Å². The Morgan fingerprint density at radius 3 is 2.60 bits per heavy atom. The SMILES string of the molecule is CN(Cc1ccc(N2CCOCC2)cc1)C(=O)NCc1ccnn1C. The van der Waals surface area contributed by atoms with Crippen LogP contribution in [0.3, 0.4) is 0 Å². The van der Waals surface area contributed by atoms with Crippen molar-refractivity contribution in [3.63, 3.8) is 0 Å². The summed E-state index contributed by atoms with van der Waals surface area (Å²) in [5.41, 5.74) is 3.28. The van der Waals surface area contributed by atoms with Crippen molar-refractivity contribution in [1.29, 1.82) is 0 Å². The monoisotopic (exact) mass is 343 g/mol. The molecule has 1 saturated heterocycles. The van der Waals surface area contributed by atoms with Gasteiger partial charge in [0.05, 0.1) is 25.5 Å². The molecule has 25 heavy (non-hydrogen) atoms. The number of nitrogens with one attached hydrogen (secondary N) is 1. The van der Waals surface area contributed by atoms with Crippen LogP contribution in [0.15, 0.2) is 36.5 Å². The number of nitrogens with zero attached hydrogens (tertiary/aromatic N) is 4. The lowest BCUT2D eigenvalue weighted by molar-refractivity contribution is 0.122. The van der Waals surface area contributed by atoms with Crippen LogP contribution in [0.2, 0.25) is 0 Å². The van der Waals surface area contributed by atoms with E-state index in [0.29, 0.717) is 13.1 Å². The van der Waals surface area contributed by atoms with Gasteiger partial charge in [0.15, 0.2) is 0 Å². The number of urea groups is 1. The topological polar surface area (TPSA) is 62.6 Å². The van der Waals surface area contributed by atoms with Crippen molar-refractivity contribution in [2.24, 2.45) is 7.05 Å². The molecule has 1 aliphatic rings. The first-order valence-electron chi connectivity index (χ1n) is 8.51. The number of carbonyl (C=O) groups is 1. The van der Waals surface area contributed by atoms with Crippen LogP contribution in [-0.4, -0.2) is 54.1 Å². The molecule has 0 spiro atoms. The molecule has 1 aromatic carbocycles. The highest BCUT2D eigenvalue weighted by Crippen LogP contribution is 2.17. The zero-order chi connectivity index (χ0) is 17.6. The van der Waals surface area contributed by atoms with E-state index in [4.69, 9.17) is 4.74 Å². The van der Waals surface area contributed by atoms with Gasteiger partial charge in [-0.25, -0.2) is 4.79 Å². The van der Waals surface area contributed by atoms with Crippen molar-refractivity contribution in [2.45, 2.75) is 13.1 Å². The Morgan fingerprint density at radius 2 is 1.96 bits per heavy atom. The fourth-order valence-electron chi connectivity index (χ4n) is 2.86. The van der Waals surface area contributed by atoms with Crippen molar-refractivity contribution in [3.8, 4) is 0 Å². The molecule has 2 aromatic rings. The maximum Gasteiger partial charge on any atom is 0.317 e. The molecule has 0 saturated carbocycles. The third-order valence-electron chi connectivity index (χ3n) is 4.42. The largest absolute Gasteiger partial charge is 0.378 e. The van der Waals surface area contributed by atoms with E-state index in [9.17, 15) is 4.79 Å². The van der Waals surface area contributed by atoms with E-state index in [1.54, 1.807) is 22.8 Å². The molecule has 2 heterocycles. The molecule has 7 nitrogen and oxygen atoms in total. The molecule has 1 fully saturated rings. The molecule has 0 unspecified atom stereocenters. The third-order valence-corrected chi connectivity index (χ3v) is 4.42. The third kappa shape index (κ3) is 4.51. The lowest BCUT2D eigenvalue weighted by Gasteiger charge is -2.29. The molecule has 7 heteroatoms. The summed E-state index contributed by atoms with van der Waals surface area (Å²) in [6.45, 7) is 4.45. The van der Waals surface area contributed by atoms with E-state index < -0.39 is 0 Å². The molecule has 1 aromatic heterocycles. The smallest absolute Gasteiger partial charge is 0.317 e. The molecule has 1 N–H and O–H groups in total. The van der Waals surface area contributed by atoms with Crippen LogP contribution >= 0.6 is 0 Å². The quantitative estimate of drug-likeness (QED) is 0.896. The summed E-state index contributed by atoms with van der Waals surface area (Å²) in [6.07, 6.45) is 1.72.